The third-order valence-electron chi connectivity index (χ3n) is 12.1. The van der Waals surface area contributed by atoms with Gasteiger partial charge >= 0.3 is 35.8 Å². The van der Waals surface area contributed by atoms with Gasteiger partial charge in [0.25, 0.3) is 0 Å². The summed E-state index contributed by atoms with van der Waals surface area (Å²) < 4.78 is 43.8. The molecular formula is C56H70O14. The van der Waals surface area contributed by atoms with Crippen molar-refractivity contribution in [3.8, 4) is 23.0 Å². The third-order valence-corrected chi connectivity index (χ3v) is 12.1. The van der Waals surface area contributed by atoms with Gasteiger partial charge in [0.1, 0.15) is 23.0 Å². The van der Waals surface area contributed by atoms with Gasteiger partial charge in [0, 0.05) is 44.4 Å². The highest BCUT2D eigenvalue weighted by Gasteiger charge is 2.27. The van der Waals surface area contributed by atoms with Crippen molar-refractivity contribution < 1.29 is 66.7 Å². The van der Waals surface area contributed by atoms with Crippen molar-refractivity contribution in [2.75, 3.05) is 42.7 Å². The minimum Gasteiger partial charge on any atom is -0.496 e. The molecule has 0 atom stereocenters. The number of benzene rings is 4. The van der Waals surface area contributed by atoms with E-state index in [-0.39, 0.29) is 55.5 Å². The Hall–Kier alpha value is -6.70. The zero-order valence-electron chi connectivity index (χ0n) is 43.1. The van der Waals surface area contributed by atoms with E-state index in [9.17, 15) is 28.8 Å². The number of esters is 6. The van der Waals surface area contributed by atoms with Crippen molar-refractivity contribution in [1.29, 1.82) is 0 Å². The van der Waals surface area contributed by atoms with Crippen LogP contribution >= 0.6 is 0 Å². The lowest BCUT2D eigenvalue weighted by Gasteiger charge is -2.25. The highest BCUT2D eigenvalue weighted by molar-refractivity contribution is 5.79. The van der Waals surface area contributed by atoms with Crippen molar-refractivity contribution in [1.82, 2.24) is 0 Å². The van der Waals surface area contributed by atoms with E-state index < -0.39 is 22.8 Å². The molecule has 0 bridgehead atoms. The maximum absolute atomic E-state index is 13.0. The van der Waals surface area contributed by atoms with Gasteiger partial charge in [-0.1, -0.05) is 31.2 Å². The number of carbonyl (C=O) groups excluding carboxylic acids is 6. The maximum Gasteiger partial charge on any atom is 0.316 e. The molecule has 0 aliphatic carbocycles. The molecule has 0 spiro atoms. The molecule has 0 aromatic heterocycles. The Kier molecular flexibility index (Phi) is 20.2. The Labute approximate surface area is 412 Å². The van der Waals surface area contributed by atoms with Crippen LogP contribution in [0.1, 0.15) is 136 Å². The summed E-state index contributed by atoms with van der Waals surface area (Å²) in [7, 11) is 8.54. The fourth-order valence-corrected chi connectivity index (χ4v) is 7.88. The quantitative estimate of drug-likeness (QED) is 0.0414. The molecule has 0 radical (unpaired) electrons. The molecule has 0 aliphatic heterocycles. The Morgan fingerprint density at radius 3 is 1.01 bits per heavy atom. The molecule has 378 valence electrons. The molecular weight excluding hydrogens is 897 g/mol. The van der Waals surface area contributed by atoms with Gasteiger partial charge < -0.3 is 37.9 Å². The minimum absolute atomic E-state index is 0.0878. The second-order valence-corrected chi connectivity index (χ2v) is 19.2. The van der Waals surface area contributed by atoms with Crippen molar-refractivity contribution in [2.45, 2.75) is 119 Å². The molecule has 0 amide bonds. The molecule has 14 heteroatoms. The van der Waals surface area contributed by atoms with E-state index in [0.717, 1.165) is 55.6 Å². The molecule has 4 rings (SSSR count). The van der Waals surface area contributed by atoms with Crippen LogP contribution in [0.2, 0.25) is 0 Å². The van der Waals surface area contributed by atoms with Crippen LogP contribution in [0.15, 0.2) is 60.7 Å². The van der Waals surface area contributed by atoms with Crippen molar-refractivity contribution in [2.24, 2.45) is 10.8 Å². The predicted octanol–water partition coefficient (Wildman–Crippen LogP) is 9.36. The normalized spacial score (nSPS) is 11.4. The van der Waals surface area contributed by atoms with E-state index in [1.807, 2.05) is 43.3 Å². The van der Waals surface area contributed by atoms with E-state index in [1.165, 1.54) is 28.4 Å². The van der Waals surface area contributed by atoms with Gasteiger partial charge in [-0.05, 0) is 159 Å². The van der Waals surface area contributed by atoms with Crippen molar-refractivity contribution >= 4 is 35.8 Å². The fourth-order valence-electron chi connectivity index (χ4n) is 7.88. The first-order chi connectivity index (χ1) is 33.0. The van der Waals surface area contributed by atoms with E-state index in [1.54, 1.807) is 80.0 Å². The number of hydrogen-bond donors (Lipinski definition) is 0. The Balaban J connectivity index is 1.91. The monoisotopic (exact) mass is 966 g/mol. The van der Waals surface area contributed by atoms with Gasteiger partial charge in [-0.25, -0.2) is 0 Å². The summed E-state index contributed by atoms with van der Waals surface area (Å²) in [6.45, 7) is 12.7. The molecule has 0 saturated heterocycles. The average molecular weight is 967 g/mol. The topological polar surface area (TPSA) is 176 Å². The SMILES string of the molecule is COC(=O)CCc1ccc(OC(=O)C(C)(C)C)cc1Cc1cc(CCC(=O)OC)c(C(C)c2cc(OC)c(Cc3cc(OC(=O)C(C)(C)C)ccc3CCC(=O)OC)cc2CCC(=O)OC)cc1OC. The van der Waals surface area contributed by atoms with Crippen molar-refractivity contribution in [3.63, 3.8) is 0 Å². The van der Waals surface area contributed by atoms with Gasteiger partial charge in [-0.3, -0.25) is 28.8 Å². The summed E-state index contributed by atoms with van der Waals surface area (Å²) in [4.78, 5) is 75.9. The van der Waals surface area contributed by atoms with E-state index >= 15 is 0 Å². The van der Waals surface area contributed by atoms with Crippen LogP contribution in [0.4, 0.5) is 0 Å². The largest absolute Gasteiger partial charge is 0.496 e. The zero-order valence-corrected chi connectivity index (χ0v) is 43.1. The predicted molar refractivity (Wildman–Crippen MR) is 264 cm³/mol. The summed E-state index contributed by atoms with van der Waals surface area (Å²) in [5.74, 6) is -0.801. The van der Waals surface area contributed by atoms with E-state index in [2.05, 4.69) is 0 Å². The molecule has 0 fully saturated rings. The molecule has 0 aliphatic rings. The summed E-state index contributed by atoms with van der Waals surface area (Å²) in [6.07, 6.45) is 2.49. The number of methoxy groups -OCH3 is 6. The number of rotatable bonds is 22. The van der Waals surface area contributed by atoms with Crippen LogP contribution < -0.4 is 18.9 Å². The van der Waals surface area contributed by atoms with E-state index in [0.29, 0.717) is 61.5 Å². The fraction of sp³-hybridized carbons (Fsp3) is 0.464. The third kappa shape index (κ3) is 15.7. The molecule has 0 saturated carbocycles. The minimum atomic E-state index is -0.746. The second-order valence-electron chi connectivity index (χ2n) is 19.2. The standard InChI is InChI=1S/C56H70O14/c1-34(45-32-47(63-8)41(26-37(45)18-24-51(59)67-12)28-39-30-43(69-53(61)55(2,3)4)20-14-35(39)16-22-49(57)65-10)46-33-48(64-9)42(27-38(46)19-25-52(60)68-13)29-40-31-44(70-54(62)56(5,6)7)21-15-36(40)17-23-50(58)66-11/h14-15,20-21,26-27,30-34H,16-19,22-25,28-29H2,1-13H3. The van der Waals surface area contributed by atoms with Gasteiger partial charge in [0.2, 0.25) is 0 Å². The lowest BCUT2D eigenvalue weighted by Crippen LogP contribution is -2.25. The van der Waals surface area contributed by atoms with Gasteiger partial charge in [0.05, 0.1) is 53.5 Å². The lowest BCUT2D eigenvalue weighted by molar-refractivity contribution is -0.143. The van der Waals surface area contributed by atoms with Crippen molar-refractivity contribution in [3.05, 3.63) is 116 Å². The summed E-state index contributed by atoms with van der Waals surface area (Å²) in [5.41, 5.74) is 6.80. The Bertz CT molecular complexity index is 2350. The van der Waals surface area contributed by atoms with Crippen LogP contribution in [-0.4, -0.2) is 78.5 Å². The smallest absolute Gasteiger partial charge is 0.316 e. The molecule has 4 aromatic rings. The highest BCUT2D eigenvalue weighted by atomic mass is 16.5. The van der Waals surface area contributed by atoms with Gasteiger partial charge in [0.15, 0.2) is 0 Å². The maximum atomic E-state index is 13.0. The van der Waals surface area contributed by atoms with Crippen LogP contribution in [-0.2, 0) is 86.2 Å². The molecule has 0 heterocycles. The zero-order chi connectivity index (χ0) is 51.9. The number of carbonyl (C=O) groups is 6. The average Bonchev–Trinajstić information content (AvgIpc) is 3.33. The Morgan fingerprint density at radius 2 is 0.729 bits per heavy atom. The summed E-state index contributed by atoms with van der Waals surface area (Å²) >= 11 is 0. The first-order valence-electron chi connectivity index (χ1n) is 23.4. The number of ether oxygens (including phenoxy) is 8. The highest BCUT2D eigenvalue weighted by Crippen LogP contribution is 2.40. The molecule has 70 heavy (non-hydrogen) atoms. The molecule has 0 unspecified atom stereocenters. The van der Waals surface area contributed by atoms with Crippen LogP contribution in [0, 0.1) is 10.8 Å². The Morgan fingerprint density at radius 1 is 0.414 bits per heavy atom. The van der Waals surface area contributed by atoms with Crippen LogP contribution in [0.5, 0.6) is 23.0 Å². The molecule has 0 N–H and O–H groups in total. The first kappa shape index (κ1) is 55.9. The number of hydrogen-bond acceptors (Lipinski definition) is 14. The second kappa shape index (κ2) is 25.2. The van der Waals surface area contributed by atoms with Crippen LogP contribution in [0.3, 0.4) is 0 Å². The van der Waals surface area contributed by atoms with E-state index in [4.69, 9.17) is 37.9 Å². The number of aryl methyl sites for hydroxylation is 4. The summed E-state index contributed by atoms with van der Waals surface area (Å²) in [5, 5.41) is 0. The first-order valence-corrected chi connectivity index (χ1v) is 23.4. The van der Waals surface area contributed by atoms with Gasteiger partial charge in [-0.2, -0.15) is 0 Å². The molecule has 4 aromatic carbocycles. The summed E-state index contributed by atoms with van der Waals surface area (Å²) in [6, 6.07) is 18.7. The lowest BCUT2D eigenvalue weighted by atomic mass is 9.82. The molecule has 14 nitrogen and oxygen atoms in total. The van der Waals surface area contributed by atoms with Gasteiger partial charge in [-0.15, -0.1) is 0 Å². The van der Waals surface area contributed by atoms with Crippen LogP contribution in [0.25, 0.3) is 0 Å².